The smallest absolute Gasteiger partial charge is 0.242 e. The van der Waals surface area contributed by atoms with Gasteiger partial charge in [-0.15, -0.1) is 0 Å². The van der Waals surface area contributed by atoms with Crippen LogP contribution in [0.2, 0.25) is 0 Å². The summed E-state index contributed by atoms with van der Waals surface area (Å²) in [6.07, 6.45) is 0.990. The van der Waals surface area contributed by atoms with Crippen molar-refractivity contribution in [2.45, 2.75) is 6.42 Å². The molecule has 0 radical (unpaired) electrons. The molecule has 0 unspecified atom stereocenters. The highest BCUT2D eigenvalue weighted by atomic mass is 16.2. The third kappa shape index (κ3) is 2.41. The Kier molecular flexibility index (Phi) is 3.11. The van der Waals surface area contributed by atoms with Crippen LogP contribution in [0.3, 0.4) is 0 Å². The molecule has 2 aliphatic heterocycles. The predicted molar refractivity (Wildman–Crippen MR) is 71.9 cm³/mol. The van der Waals surface area contributed by atoms with E-state index in [1.165, 1.54) is 5.56 Å². The van der Waals surface area contributed by atoms with Crippen LogP contribution in [0.4, 0.5) is 5.69 Å². The predicted octanol–water partition coefficient (Wildman–Crippen LogP) is 0.00750. The molecule has 5 nitrogen and oxygen atoms in total. The molecule has 3 rings (SSSR count). The zero-order valence-corrected chi connectivity index (χ0v) is 10.8. The van der Waals surface area contributed by atoms with Gasteiger partial charge in [-0.1, -0.05) is 18.2 Å². The van der Waals surface area contributed by atoms with E-state index in [1.54, 1.807) is 4.90 Å². The first-order valence-electron chi connectivity index (χ1n) is 6.61. The van der Waals surface area contributed by atoms with Gasteiger partial charge in [0.15, 0.2) is 0 Å². The summed E-state index contributed by atoms with van der Waals surface area (Å²) in [6, 6.07) is 8.18. The summed E-state index contributed by atoms with van der Waals surface area (Å²) in [5.41, 5.74) is 2.45. The molecule has 0 bridgehead atoms. The lowest BCUT2D eigenvalue weighted by Crippen LogP contribution is -2.52. The second-order valence-corrected chi connectivity index (χ2v) is 4.97. The van der Waals surface area contributed by atoms with Gasteiger partial charge in [0.1, 0.15) is 0 Å². The molecule has 1 saturated heterocycles. The first-order chi connectivity index (χ1) is 9.24. The minimum Gasteiger partial charge on any atom is -0.362 e. The molecule has 1 aromatic rings. The van der Waals surface area contributed by atoms with Gasteiger partial charge in [-0.2, -0.15) is 0 Å². The minimum atomic E-state index is -0.0681. The van der Waals surface area contributed by atoms with Crippen LogP contribution in [0, 0.1) is 0 Å². The van der Waals surface area contributed by atoms with Gasteiger partial charge in [0, 0.05) is 25.3 Å². The Morgan fingerprint density at radius 2 is 2.11 bits per heavy atom. The van der Waals surface area contributed by atoms with Crippen LogP contribution in [0.25, 0.3) is 0 Å². The average Bonchev–Trinajstić information content (AvgIpc) is 2.82. The first kappa shape index (κ1) is 12.0. The second kappa shape index (κ2) is 4.91. The third-order valence-electron chi connectivity index (χ3n) is 3.70. The highest BCUT2D eigenvalue weighted by Crippen LogP contribution is 2.27. The number of para-hydroxylation sites is 1. The molecular weight excluding hydrogens is 242 g/mol. The molecule has 0 atom stereocenters. The maximum absolute atomic E-state index is 12.2. The van der Waals surface area contributed by atoms with E-state index >= 15 is 0 Å². The van der Waals surface area contributed by atoms with E-state index in [2.05, 4.69) is 22.3 Å². The summed E-state index contributed by atoms with van der Waals surface area (Å²) < 4.78 is 0. The van der Waals surface area contributed by atoms with Crippen molar-refractivity contribution in [1.82, 2.24) is 10.2 Å². The number of amides is 2. The standard InChI is InChI=1S/C14H17N3O2/c18-13-9-17(8-6-15-13)14(19)10-16-7-5-11-3-1-2-4-12(11)16/h1-4H,5-10H2,(H,15,18). The van der Waals surface area contributed by atoms with Crippen LogP contribution in [-0.2, 0) is 16.0 Å². The zero-order chi connectivity index (χ0) is 13.2. The van der Waals surface area contributed by atoms with Gasteiger partial charge in [0.05, 0.1) is 13.1 Å². The van der Waals surface area contributed by atoms with E-state index in [-0.39, 0.29) is 18.4 Å². The van der Waals surface area contributed by atoms with Crippen LogP contribution >= 0.6 is 0 Å². The fourth-order valence-electron chi connectivity index (χ4n) is 2.69. The van der Waals surface area contributed by atoms with Crippen LogP contribution in [0.15, 0.2) is 24.3 Å². The molecule has 0 spiro atoms. The van der Waals surface area contributed by atoms with E-state index in [0.717, 1.165) is 18.7 Å². The number of anilines is 1. The quantitative estimate of drug-likeness (QED) is 0.814. The summed E-state index contributed by atoms with van der Waals surface area (Å²) in [5, 5.41) is 2.73. The van der Waals surface area contributed by atoms with Gasteiger partial charge in [0.2, 0.25) is 11.8 Å². The number of piperazine rings is 1. The highest BCUT2D eigenvalue weighted by Gasteiger charge is 2.25. The van der Waals surface area contributed by atoms with Crippen molar-refractivity contribution in [3.8, 4) is 0 Å². The van der Waals surface area contributed by atoms with E-state index in [4.69, 9.17) is 0 Å². The summed E-state index contributed by atoms with van der Waals surface area (Å²) in [6.45, 7) is 2.60. The van der Waals surface area contributed by atoms with Crippen molar-refractivity contribution in [1.29, 1.82) is 0 Å². The number of nitrogens with zero attached hydrogens (tertiary/aromatic N) is 2. The third-order valence-corrected chi connectivity index (χ3v) is 3.70. The summed E-state index contributed by atoms with van der Waals surface area (Å²) >= 11 is 0. The SMILES string of the molecule is O=C1CN(C(=O)CN2CCc3ccccc32)CCN1. The minimum absolute atomic E-state index is 0.0338. The van der Waals surface area contributed by atoms with Crippen molar-refractivity contribution in [3.05, 3.63) is 29.8 Å². The number of benzene rings is 1. The molecule has 0 saturated carbocycles. The lowest BCUT2D eigenvalue weighted by Gasteiger charge is -2.29. The molecule has 2 heterocycles. The number of hydrogen-bond acceptors (Lipinski definition) is 3. The number of hydrogen-bond donors (Lipinski definition) is 1. The molecule has 5 heteroatoms. The number of carbonyl (C=O) groups is 2. The van der Waals surface area contributed by atoms with E-state index in [1.807, 2.05) is 12.1 Å². The Balaban J connectivity index is 1.66. The fraction of sp³-hybridized carbons (Fsp3) is 0.429. The number of carbonyl (C=O) groups excluding carboxylic acids is 2. The van der Waals surface area contributed by atoms with Gasteiger partial charge in [-0.05, 0) is 18.1 Å². The van der Waals surface area contributed by atoms with Crippen LogP contribution in [0.5, 0.6) is 0 Å². The van der Waals surface area contributed by atoms with Crippen molar-refractivity contribution in [2.24, 2.45) is 0 Å². The fourth-order valence-corrected chi connectivity index (χ4v) is 2.69. The maximum atomic E-state index is 12.2. The summed E-state index contributed by atoms with van der Waals surface area (Å²) in [4.78, 5) is 27.2. The first-order valence-corrected chi connectivity index (χ1v) is 6.61. The van der Waals surface area contributed by atoms with Crippen molar-refractivity contribution < 1.29 is 9.59 Å². The molecule has 0 aliphatic carbocycles. The van der Waals surface area contributed by atoms with Crippen LogP contribution in [0.1, 0.15) is 5.56 Å². The van der Waals surface area contributed by atoms with Crippen LogP contribution in [-0.4, -0.2) is 49.4 Å². The maximum Gasteiger partial charge on any atom is 0.242 e. The molecule has 1 N–H and O–H groups in total. The molecule has 19 heavy (non-hydrogen) atoms. The lowest BCUT2D eigenvalue weighted by molar-refractivity contribution is -0.137. The summed E-state index contributed by atoms with van der Waals surface area (Å²) in [7, 11) is 0. The van der Waals surface area contributed by atoms with Crippen molar-refractivity contribution in [2.75, 3.05) is 37.6 Å². The summed E-state index contributed by atoms with van der Waals surface area (Å²) in [5.74, 6) is -0.0343. The zero-order valence-electron chi connectivity index (χ0n) is 10.8. The molecule has 1 fully saturated rings. The van der Waals surface area contributed by atoms with E-state index in [9.17, 15) is 9.59 Å². The molecule has 2 aliphatic rings. The Bertz CT molecular complexity index is 515. The van der Waals surface area contributed by atoms with Gasteiger partial charge < -0.3 is 15.1 Å². The Hall–Kier alpha value is -2.04. The van der Waals surface area contributed by atoms with Gasteiger partial charge in [0.25, 0.3) is 0 Å². The van der Waals surface area contributed by atoms with E-state index in [0.29, 0.717) is 19.6 Å². The largest absolute Gasteiger partial charge is 0.362 e. The molecular formula is C14H17N3O2. The van der Waals surface area contributed by atoms with E-state index < -0.39 is 0 Å². The average molecular weight is 259 g/mol. The Morgan fingerprint density at radius 3 is 2.95 bits per heavy atom. The lowest BCUT2D eigenvalue weighted by atomic mass is 10.2. The number of rotatable bonds is 2. The highest BCUT2D eigenvalue weighted by molar-refractivity contribution is 5.88. The Labute approximate surface area is 112 Å². The van der Waals surface area contributed by atoms with Crippen molar-refractivity contribution >= 4 is 17.5 Å². The molecule has 0 aromatic heterocycles. The number of nitrogens with one attached hydrogen (secondary N) is 1. The monoisotopic (exact) mass is 259 g/mol. The topological polar surface area (TPSA) is 52.7 Å². The molecule has 1 aromatic carbocycles. The Morgan fingerprint density at radius 1 is 1.26 bits per heavy atom. The van der Waals surface area contributed by atoms with Gasteiger partial charge in [-0.25, -0.2) is 0 Å². The number of fused-ring (bicyclic) bond motifs is 1. The van der Waals surface area contributed by atoms with Crippen molar-refractivity contribution in [3.63, 3.8) is 0 Å². The van der Waals surface area contributed by atoms with Crippen LogP contribution < -0.4 is 10.2 Å². The van der Waals surface area contributed by atoms with Gasteiger partial charge >= 0.3 is 0 Å². The normalized spacial score (nSPS) is 18.2. The second-order valence-electron chi connectivity index (χ2n) is 4.97. The molecule has 100 valence electrons. The van der Waals surface area contributed by atoms with Gasteiger partial charge in [-0.3, -0.25) is 9.59 Å². The molecule has 2 amide bonds.